The molecule has 0 unspecified atom stereocenters. The van der Waals surface area contributed by atoms with Crippen molar-refractivity contribution in [2.24, 2.45) is 4.99 Å². The zero-order valence-corrected chi connectivity index (χ0v) is 19.3. The van der Waals surface area contributed by atoms with E-state index in [1.165, 1.54) is 12.1 Å². The Balaban J connectivity index is 0.00000420. The number of carbonyl (C=O) groups is 1. The molecular weight excluding hydrogens is 486 g/mol. The van der Waals surface area contributed by atoms with Gasteiger partial charge in [-0.3, -0.25) is 9.79 Å². The fourth-order valence-electron chi connectivity index (χ4n) is 2.58. The Labute approximate surface area is 188 Å². The Kier molecular flexibility index (Phi) is 11.0. The number of hydrogen-bond donors (Lipinski definition) is 2. The molecule has 0 saturated carbocycles. The summed E-state index contributed by atoms with van der Waals surface area (Å²) in [4.78, 5) is 18.7. The van der Waals surface area contributed by atoms with E-state index in [1.54, 1.807) is 43.5 Å². The summed E-state index contributed by atoms with van der Waals surface area (Å²) >= 11 is 0. The van der Waals surface area contributed by atoms with Gasteiger partial charge in [-0.15, -0.1) is 24.0 Å². The molecule has 29 heavy (non-hydrogen) atoms. The maximum Gasteiger partial charge on any atom is 0.251 e. The van der Waals surface area contributed by atoms with E-state index in [0.717, 1.165) is 18.1 Å². The van der Waals surface area contributed by atoms with Crippen molar-refractivity contribution in [2.45, 2.75) is 13.5 Å². The van der Waals surface area contributed by atoms with Crippen molar-refractivity contribution < 1.29 is 13.9 Å². The number of guanidine groups is 1. The third-order valence-electron chi connectivity index (χ3n) is 4.04. The number of amides is 1. The smallest absolute Gasteiger partial charge is 0.251 e. The number of methoxy groups -OCH3 is 1. The molecule has 1 amide bonds. The largest absolute Gasteiger partial charge is 0.497 e. The van der Waals surface area contributed by atoms with E-state index >= 15 is 0 Å². The topological polar surface area (TPSA) is 66.0 Å². The van der Waals surface area contributed by atoms with Crippen LogP contribution in [0.3, 0.4) is 0 Å². The summed E-state index contributed by atoms with van der Waals surface area (Å²) in [6.45, 7) is 4.18. The standard InChI is InChI=1S/C21H27FN4O2.HI/c1-4-23-21(26(2)15-16-5-9-18(22)10-6-16)25-14-13-24-20(27)17-7-11-19(28-3)12-8-17;/h5-12H,4,13-15H2,1-3H3,(H,23,25)(H,24,27);1H. The first-order chi connectivity index (χ1) is 13.5. The first-order valence-corrected chi connectivity index (χ1v) is 9.19. The van der Waals surface area contributed by atoms with Crippen LogP contribution in [0.1, 0.15) is 22.8 Å². The van der Waals surface area contributed by atoms with Gasteiger partial charge in [0.1, 0.15) is 11.6 Å². The number of hydrogen-bond acceptors (Lipinski definition) is 3. The number of benzene rings is 2. The van der Waals surface area contributed by atoms with E-state index in [9.17, 15) is 9.18 Å². The second-order valence-corrected chi connectivity index (χ2v) is 6.20. The van der Waals surface area contributed by atoms with Crippen LogP contribution in [0, 0.1) is 5.82 Å². The third-order valence-corrected chi connectivity index (χ3v) is 4.04. The van der Waals surface area contributed by atoms with E-state index in [0.29, 0.717) is 30.9 Å². The van der Waals surface area contributed by atoms with Crippen LogP contribution in [0.25, 0.3) is 0 Å². The summed E-state index contributed by atoms with van der Waals surface area (Å²) < 4.78 is 18.1. The molecule has 6 nitrogen and oxygen atoms in total. The van der Waals surface area contributed by atoms with E-state index in [-0.39, 0.29) is 35.7 Å². The highest BCUT2D eigenvalue weighted by Crippen LogP contribution is 2.11. The second kappa shape index (κ2) is 13.0. The molecule has 0 saturated heterocycles. The number of nitrogens with one attached hydrogen (secondary N) is 2. The predicted octanol–water partition coefficient (Wildman–Crippen LogP) is 3.28. The molecule has 2 rings (SSSR count). The lowest BCUT2D eigenvalue weighted by atomic mass is 10.2. The molecule has 2 aromatic carbocycles. The first-order valence-electron chi connectivity index (χ1n) is 9.19. The monoisotopic (exact) mass is 514 g/mol. The Morgan fingerprint density at radius 2 is 1.76 bits per heavy atom. The van der Waals surface area contributed by atoms with Crippen molar-refractivity contribution in [3.8, 4) is 5.75 Å². The lowest BCUT2D eigenvalue weighted by Crippen LogP contribution is -2.39. The van der Waals surface area contributed by atoms with Gasteiger partial charge in [0.2, 0.25) is 0 Å². The lowest BCUT2D eigenvalue weighted by molar-refractivity contribution is 0.0954. The number of aliphatic imine (C=N–C) groups is 1. The molecule has 0 aliphatic carbocycles. The van der Waals surface area contributed by atoms with Crippen molar-refractivity contribution in [1.82, 2.24) is 15.5 Å². The van der Waals surface area contributed by atoms with Gasteiger partial charge >= 0.3 is 0 Å². The molecule has 0 aliphatic rings. The lowest BCUT2D eigenvalue weighted by Gasteiger charge is -2.22. The fourth-order valence-corrected chi connectivity index (χ4v) is 2.58. The van der Waals surface area contributed by atoms with Crippen molar-refractivity contribution in [3.63, 3.8) is 0 Å². The van der Waals surface area contributed by atoms with Crippen molar-refractivity contribution in [2.75, 3.05) is 33.8 Å². The molecule has 0 aliphatic heterocycles. The number of rotatable bonds is 8. The second-order valence-electron chi connectivity index (χ2n) is 6.20. The van der Waals surface area contributed by atoms with Crippen LogP contribution in [0.15, 0.2) is 53.5 Å². The average molecular weight is 514 g/mol. The summed E-state index contributed by atoms with van der Waals surface area (Å²) in [7, 11) is 3.50. The van der Waals surface area contributed by atoms with E-state index < -0.39 is 0 Å². The molecule has 0 fully saturated rings. The normalized spacial score (nSPS) is 10.7. The molecule has 0 bridgehead atoms. The highest BCUT2D eigenvalue weighted by atomic mass is 127. The minimum atomic E-state index is -0.250. The molecular formula is C21H28FIN4O2. The molecule has 0 aromatic heterocycles. The zero-order valence-electron chi connectivity index (χ0n) is 16.9. The average Bonchev–Trinajstić information content (AvgIpc) is 2.71. The molecule has 0 radical (unpaired) electrons. The van der Waals surface area contributed by atoms with Gasteiger partial charge in [-0.25, -0.2) is 4.39 Å². The van der Waals surface area contributed by atoms with Gasteiger partial charge in [0.25, 0.3) is 5.91 Å². The van der Waals surface area contributed by atoms with Crippen LogP contribution >= 0.6 is 24.0 Å². The van der Waals surface area contributed by atoms with Crippen LogP contribution in [0.4, 0.5) is 4.39 Å². The minimum absolute atomic E-state index is 0. The molecule has 8 heteroatoms. The molecule has 0 heterocycles. The number of carbonyl (C=O) groups excluding carboxylic acids is 1. The maximum atomic E-state index is 13.0. The summed E-state index contributed by atoms with van der Waals surface area (Å²) in [5.41, 5.74) is 1.56. The molecule has 2 aromatic rings. The van der Waals surface area contributed by atoms with Crippen LogP contribution in [-0.4, -0.2) is 50.6 Å². The van der Waals surface area contributed by atoms with Gasteiger partial charge in [-0.1, -0.05) is 12.1 Å². The Hall–Kier alpha value is -2.36. The van der Waals surface area contributed by atoms with Gasteiger partial charge in [-0.2, -0.15) is 0 Å². The van der Waals surface area contributed by atoms with E-state index in [1.807, 2.05) is 18.9 Å². The first kappa shape index (κ1) is 24.7. The Morgan fingerprint density at radius 1 is 1.10 bits per heavy atom. The minimum Gasteiger partial charge on any atom is -0.497 e. The maximum absolute atomic E-state index is 13.0. The van der Waals surface area contributed by atoms with Gasteiger partial charge in [-0.05, 0) is 48.9 Å². The van der Waals surface area contributed by atoms with E-state index in [2.05, 4.69) is 15.6 Å². The van der Waals surface area contributed by atoms with Crippen LogP contribution < -0.4 is 15.4 Å². The van der Waals surface area contributed by atoms with Gasteiger partial charge in [0.15, 0.2) is 5.96 Å². The van der Waals surface area contributed by atoms with Gasteiger partial charge in [0, 0.05) is 32.2 Å². The van der Waals surface area contributed by atoms with Gasteiger partial charge < -0.3 is 20.3 Å². The number of nitrogens with zero attached hydrogens (tertiary/aromatic N) is 2. The van der Waals surface area contributed by atoms with Crippen LogP contribution in [0.5, 0.6) is 5.75 Å². The van der Waals surface area contributed by atoms with Gasteiger partial charge in [0.05, 0.1) is 13.7 Å². The summed E-state index contributed by atoms with van der Waals surface area (Å²) in [5, 5.41) is 6.08. The Morgan fingerprint density at radius 3 is 2.34 bits per heavy atom. The quantitative estimate of drug-likeness (QED) is 0.246. The fraction of sp³-hybridized carbons (Fsp3) is 0.333. The van der Waals surface area contributed by atoms with Crippen LogP contribution in [0.2, 0.25) is 0 Å². The summed E-state index contributed by atoms with van der Waals surface area (Å²) in [5.74, 6) is 1.04. The zero-order chi connectivity index (χ0) is 20.4. The highest BCUT2D eigenvalue weighted by Gasteiger charge is 2.08. The van der Waals surface area contributed by atoms with Crippen LogP contribution in [-0.2, 0) is 6.54 Å². The third kappa shape index (κ3) is 8.26. The molecule has 0 atom stereocenters. The summed E-state index contributed by atoms with van der Waals surface area (Å²) in [6, 6.07) is 13.3. The van der Waals surface area contributed by atoms with E-state index in [4.69, 9.17) is 4.74 Å². The Bertz CT molecular complexity index is 782. The molecule has 2 N–H and O–H groups in total. The number of halogens is 2. The van der Waals surface area contributed by atoms with Crippen molar-refractivity contribution >= 4 is 35.8 Å². The highest BCUT2D eigenvalue weighted by molar-refractivity contribution is 14.0. The predicted molar refractivity (Wildman–Crippen MR) is 125 cm³/mol. The van der Waals surface area contributed by atoms with Crippen molar-refractivity contribution in [3.05, 3.63) is 65.5 Å². The molecule has 158 valence electrons. The summed E-state index contributed by atoms with van der Waals surface area (Å²) in [6.07, 6.45) is 0. The molecule has 0 spiro atoms. The SMILES string of the molecule is CCNC(=NCCNC(=O)c1ccc(OC)cc1)N(C)Cc1ccc(F)cc1.I. The number of ether oxygens (including phenoxy) is 1. The van der Waals surface area contributed by atoms with Crippen molar-refractivity contribution in [1.29, 1.82) is 0 Å².